The van der Waals surface area contributed by atoms with Crippen LogP contribution in [-0.2, 0) is 6.42 Å². The van der Waals surface area contributed by atoms with E-state index in [2.05, 4.69) is 58.9 Å². The van der Waals surface area contributed by atoms with Gasteiger partial charge in [0.1, 0.15) is 4.60 Å². The summed E-state index contributed by atoms with van der Waals surface area (Å²) in [5.41, 5.74) is 2.24. The van der Waals surface area contributed by atoms with Crippen molar-refractivity contribution in [1.82, 2.24) is 14.6 Å². The molecule has 0 N–H and O–H groups in total. The van der Waals surface area contributed by atoms with Crippen LogP contribution in [0.2, 0.25) is 0 Å². The highest BCUT2D eigenvalue weighted by molar-refractivity contribution is 9.10. The first-order valence-electron chi connectivity index (χ1n) is 5.67. The first-order chi connectivity index (χ1) is 7.61. The minimum atomic E-state index is 0.362. The van der Waals surface area contributed by atoms with E-state index in [-0.39, 0.29) is 0 Å². The summed E-state index contributed by atoms with van der Waals surface area (Å²) in [6.45, 7) is 6.40. The van der Waals surface area contributed by atoms with Crippen molar-refractivity contribution in [2.45, 2.75) is 39.5 Å². The molecule has 0 spiro atoms. The fraction of sp³-hybridized carbons (Fsp3) is 0.500. The largest absolute Gasteiger partial charge is 0.212 e. The van der Waals surface area contributed by atoms with Crippen LogP contribution in [0.1, 0.15) is 44.5 Å². The van der Waals surface area contributed by atoms with Gasteiger partial charge in [0.25, 0.3) is 0 Å². The van der Waals surface area contributed by atoms with E-state index in [1.807, 2.05) is 4.52 Å². The zero-order valence-corrected chi connectivity index (χ0v) is 11.5. The van der Waals surface area contributed by atoms with E-state index in [9.17, 15) is 0 Å². The molecule has 0 saturated heterocycles. The van der Waals surface area contributed by atoms with Crippen LogP contribution in [-0.4, -0.2) is 14.6 Å². The van der Waals surface area contributed by atoms with Gasteiger partial charge in [-0.2, -0.15) is 0 Å². The van der Waals surface area contributed by atoms with E-state index < -0.39 is 0 Å². The lowest BCUT2D eigenvalue weighted by Crippen LogP contribution is -1.94. The molecule has 4 heteroatoms. The molecule has 3 nitrogen and oxygen atoms in total. The van der Waals surface area contributed by atoms with Crippen LogP contribution in [0.15, 0.2) is 16.7 Å². The average Bonchev–Trinajstić information content (AvgIpc) is 2.62. The Bertz CT molecular complexity index is 502. The Morgan fingerprint density at radius 3 is 2.75 bits per heavy atom. The Morgan fingerprint density at radius 1 is 1.38 bits per heavy atom. The monoisotopic (exact) mass is 281 g/mol. The Balaban J connectivity index is 2.54. The van der Waals surface area contributed by atoms with Gasteiger partial charge in [-0.15, -0.1) is 5.10 Å². The summed E-state index contributed by atoms with van der Waals surface area (Å²) in [5, 5.41) is 4.47. The van der Waals surface area contributed by atoms with Crippen molar-refractivity contribution in [2.24, 2.45) is 0 Å². The van der Waals surface area contributed by atoms with Gasteiger partial charge in [-0.3, -0.25) is 0 Å². The lowest BCUT2D eigenvalue weighted by molar-refractivity contribution is 0.761. The summed E-state index contributed by atoms with van der Waals surface area (Å²) in [6.07, 6.45) is 2.23. The van der Waals surface area contributed by atoms with E-state index in [4.69, 9.17) is 0 Å². The second-order valence-electron chi connectivity index (χ2n) is 4.33. The molecule has 0 unspecified atom stereocenters. The number of rotatable bonds is 3. The zero-order chi connectivity index (χ0) is 11.7. The van der Waals surface area contributed by atoms with Gasteiger partial charge in [-0.25, -0.2) is 9.50 Å². The van der Waals surface area contributed by atoms with Crippen molar-refractivity contribution < 1.29 is 0 Å². The second kappa shape index (κ2) is 4.53. The summed E-state index contributed by atoms with van der Waals surface area (Å²) in [4.78, 5) is 4.54. The molecule has 0 saturated carbocycles. The third-order valence-electron chi connectivity index (χ3n) is 2.52. The van der Waals surface area contributed by atoms with Crippen molar-refractivity contribution in [3.8, 4) is 0 Å². The Kier molecular flexibility index (Phi) is 3.28. The normalized spacial score (nSPS) is 11.6. The van der Waals surface area contributed by atoms with Gasteiger partial charge in [0, 0.05) is 5.92 Å². The van der Waals surface area contributed by atoms with Crippen molar-refractivity contribution in [3.63, 3.8) is 0 Å². The van der Waals surface area contributed by atoms with E-state index in [0.29, 0.717) is 5.92 Å². The SMILES string of the molecule is CCCc1cc(Br)n2nc(C(C)C)nc2c1. The molecular weight excluding hydrogens is 266 g/mol. The zero-order valence-electron chi connectivity index (χ0n) is 9.87. The molecular formula is C12H16BrN3. The van der Waals surface area contributed by atoms with Gasteiger partial charge >= 0.3 is 0 Å². The second-order valence-corrected chi connectivity index (χ2v) is 5.14. The van der Waals surface area contributed by atoms with Crippen LogP contribution in [0.3, 0.4) is 0 Å². The molecule has 0 aromatic carbocycles. The molecule has 0 radical (unpaired) electrons. The maximum atomic E-state index is 4.54. The summed E-state index contributed by atoms with van der Waals surface area (Å²) in [6, 6.07) is 4.24. The van der Waals surface area contributed by atoms with E-state index in [1.54, 1.807) is 0 Å². The lowest BCUT2D eigenvalue weighted by atomic mass is 10.1. The number of fused-ring (bicyclic) bond motifs is 1. The van der Waals surface area contributed by atoms with Gasteiger partial charge in [0.2, 0.25) is 0 Å². The van der Waals surface area contributed by atoms with Gasteiger partial charge in [0.05, 0.1) is 0 Å². The first-order valence-corrected chi connectivity index (χ1v) is 6.46. The molecule has 0 aliphatic heterocycles. The van der Waals surface area contributed by atoms with Crippen molar-refractivity contribution in [2.75, 3.05) is 0 Å². The number of pyridine rings is 1. The Labute approximate surface area is 104 Å². The lowest BCUT2D eigenvalue weighted by Gasteiger charge is -2.01. The molecule has 0 atom stereocenters. The summed E-state index contributed by atoms with van der Waals surface area (Å²) >= 11 is 3.54. The number of hydrogen-bond donors (Lipinski definition) is 0. The topological polar surface area (TPSA) is 30.2 Å². The summed E-state index contributed by atoms with van der Waals surface area (Å²) in [7, 11) is 0. The van der Waals surface area contributed by atoms with Gasteiger partial charge in [-0.1, -0.05) is 27.2 Å². The van der Waals surface area contributed by atoms with Crippen molar-refractivity contribution in [3.05, 3.63) is 28.1 Å². The predicted molar refractivity (Wildman–Crippen MR) is 68.8 cm³/mol. The Hall–Kier alpha value is -0.900. The molecule has 0 amide bonds. The highest BCUT2D eigenvalue weighted by atomic mass is 79.9. The number of aromatic nitrogens is 3. The van der Waals surface area contributed by atoms with Gasteiger partial charge in [0.15, 0.2) is 11.5 Å². The third-order valence-corrected chi connectivity index (χ3v) is 3.09. The Morgan fingerprint density at radius 2 is 2.12 bits per heavy atom. The molecule has 0 bridgehead atoms. The smallest absolute Gasteiger partial charge is 0.157 e. The highest BCUT2D eigenvalue weighted by Crippen LogP contribution is 2.19. The van der Waals surface area contributed by atoms with Crippen molar-refractivity contribution in [1.29, 1.82) is 0 Å². The van der Waals surface area contributed by atoms with Crippen molar-refractivity contribution >= 4 is 21.6 Å². The number of halogens is 1. The first kappa shape index (κ1) is 11.6. The van der Waals surface area contributed by atoms with E-state index >= 15 is 0 Å². The number of nitrogens with zero attached hydrogens (tertiary/aromatic N) is 3. The maximum absolute atomic E-state index is 4.54. The van der Waals surface area contributed by atoms with Crippen LogP contribution >= 0.6 is 15.9 Å². The average molecular weight is 282 g/mol. The molecule has 2 aromatic heterocycles. The maximum Gasteiger partial charge on any atom is 0.157 e. The third kappa shape index (κ3) is 2.12. The van der Waals surface area contributed by atoms with Crippen LogP contribution in [0.4, 0.5) is 0 Å². The van der Waals surface area contributed by atoms with Gasteiger partial charge < -0.3 is 0 Å². The molecule has 2 heterocycles. The highest BCUT2D eigenvalue weighted by Gasteiger charge is 2.10. The van der Waals surface area contributed by atoms with Crippen LogP contribution in [0, 0.1) is 0 Å². The minimum absolute atomic E-state index is 0.362. The minimum Gasteiger partial charge on any atom is -0.212 e. The molecule has 0 fully saturated rings. The molecule has 0 aliphatic carbocycles. The molecule has 16 heavy (non-hydrogen) atoms. The summed E-state index contributed by atoms with van der Waals surface area (Å²) < 4.78 is 2.84. The van der Waals surface area contributed by atoms with E-state index in [1.165, 1.54) is 5.56 Å². The van der Waals surface area contributed by atoms with E-state index in [0.717, 1.165) is 28.9 Å². The summed E-state index contributed by atoms with van der Waals surface area (Å²) in [5.74, 6) is 1.26. The molecule has 2 aromatic rings. The molecule has 86 valence electrons. The molecule has 0 aliphatic rings. The number of hydrogen-bond acceptors (Lipinski definition) is 2. The van der Waals surface area contributed by atoms with Crippen LogP contribution in [0.5, 0.6) is 0 Å². The quantitative estimate of drug-likeness (QED) is 0.806. The molecule has 2 rings (SSSR count). The van der Waals surface area contributed by atoms with Crippen LogP contribution < -0.4 is 0 Å². The number of aryl methyl sites for hydroxylation is 1. The fourth-order valence-electron chi connectivity index (χ4n) is 1.69. The predicted octanol–water partition coefficient (Wildman–Crippen LogP) is 3.57. The fourth-order valence-corrected chi connectivity index (χ4v) is 2.25. The standard InChI is InChI=1S/C12H16BrN3/c1-4-5-9-6-10(13)16-11(7-9)14-12(15-16)8(2)3/h6-8H,4-5H2,1-3H3. The van der Waals surface area contributed by atoms with Crippen LogP contribution in [0.25, 0.3) is 5.65 Å². The van der Waals surface area contributed by atoms with Gasteiger partial charge in [-0.05, 0) is 40.0 Å².